The molecule has 1 aromatic heterocycles. The Kier molecular flexibility index (Phi) is 4.77. The number of amides is 1. The molecule has 0 aliphatic heterocycles. The molecule has 0 saturated carbocycles. The van der Waals surface area contributed by atoms with Crippen molar-refractivity contribution in [2.24, 2.45) is 11.7 Å². The summed E-state index contributed by atoms with van der Waals surface area (Å²) >= 11 is 0. The van der Waals surface area contributed by atoms with Crippen LogP contribution in [-0.2, 0) is 4.79 Å². The van der Waals surface area contributed by atoms with E-state index in [2.05, 4.69) is 10.3 Å². The molecule has 4 heteroatoms. The van der Waals surface area contributed by atoms with Crippen LogP contribution >= 0.6 is 0 Å². The van der Waals surface area contributed by atoms with E-state index in [1.165, 1.54) is 0 Å². The van der Waals surface area contributed by atoms with E-state index in [9.17, 15) is 4.79 Å². The van der Waals surface area contributed by atoms with Crippen molar-refractivity contribution in [3.63, 3.8) is 0 Å². The topological polar surface area (TPSA) is 68.0 Å². The van der Waals surface area contributed by atoms with Crippen LogP contribution in [0.5, 0.6) is 0 Å². The van der Waals surface area contributed by atoms with Gasteiger partial charge in [-0.3, -0.25) is 4.79 Å². The fourth-order valence-corrected chi connectivity index (χ4v) is 1.37. The maximum Gasteiger partial charge on any atom is 0.229 e. The van der Waals surface area contributed by atoms with Gasteiger partial charge in [-0.2, -0.15) is 0 Å². The average molecular weight is 207 g/mol. The van der Waals surface area contributed by atoms with Crippen LogP contribution in [0.2, 0.25) is 0 Å². The Balaban J connectivity index is 2.54. The average Bonchev–Trinajstić information content (AvgIpc) is 2.27. The van der Waals surface area contributed by atoms with Crippen LogP contribution in [0.3, 0.4) is 0 Å². The lowest BCUT2D eigenvalue weighted by atomic mass is 10.0. The van der Waals surface area contributed by atoms with Gasteiger partial charge in [0.05, 0.1) is 5.92 Å². The van der Waals surface area contributed by atoms with Crippen molar-refractivity contribution in [1.82, 2.24) is 4.98 Å². The largest absolute Gasteiger partial charge is 0.330 e. The smallest absolute Gasteiger partial charge is 0.229 e. The molecule has 0 spiro atoms. The standard InChI is InChI=1S/C11H17N3O/c1-2-5-9(8-12)11(15)14-10-6-3-4-7-13-10/h3-4,6-7,9H,2,5,8,12H2,1H3,(H,13,14,15). The number of pyridine rings is 1. The number of hydrogen-bond donors (Lipinski definition) is 2. The quantitative estimate of drug-likeness (QED) is 0.766. The van der Waals surface area contributed by atoms with Gasteiger partial charge in [0, 0.05) is 12.7 Å². The summed E-state index contributed by atoms with van der Waals surface area (Å²) < 4.78 is 0. The highest BCUT2D eigenvalue weighted by molar-refractivity contribution is 5.91. The maximum atomic E-state index is 11.7. The molecule has 1 atom stereocenters. The van der Waals surface area contributed by atoms with E-state index in [0.717, 1.165) is 12.8 Å². The van der Waals surface area contributed by atoms with Crippen molar-refractivity contribution >= 4 is 11.7 Å². The molecule has 4 nitrogen and oxygen atoms in total. The summed E-state index contributed by atoms with van der Waals surface area (Å²) in [5.41, 5.74) is 5.53. The third kappa shape index (κ3) is 3.67. The monoisotopic (exact) mass is 207 g/mol. The number of carbonyl (C=O) groups excluding carboxylic acids is 1. The van der Waals surface area contributed by atoms with Gasteiger partial charge >= 0.3 is 0 Å². The van der Waals surface area contributed by atoms with Crippen molar-refractivity contribution in [1.29, 1.82) is 0 Å². The molecule has 0 saturated heterocycles. The van der Waals surface area contributed by atoms with Gasteiger partial charge in [-0.15, -0.1) is 0 Å². The molecule has 0 aliphatic rings. The lowest BCUT2D eigenvalue weighted by Crippen LogP contribution is -2.29. The van der Waals surface area contributed by atoms with E-state index in [1.54, 1.807) is 12.3 Å². The zero-order chi connectivity index (χ0) is 11.1. The van der Waals surface area contributed by atoms with Gasteiger partial charge in [0.2, 0.25) is 5.91 Å². The van der Waals surface area contributed by atoms with E-state index >= 15 is 0 Å². The number of anilines is 1. The molecule has 0 bridgehead atoms. The third-order valence-corrected chi connectivity index (χ3v) is 2.21. The summed E-state index contributed by atoms with van der Waals surface area (Å²) in [7, 11) is 0. The zero-order valence-corrected chi connectivity index (χ0v) is 8.94. The molecular formula is C11H17N3O. The summed E-state index contributed by atoms with van der Waals surface area (Å²) in [6.45, 7) is 2.42. The summed E-state index contributed by atoms with van der Waals surface area (Å²) in [5, 5.41) is 2.75. The van der Waals surface area contributed by atoms with Crippen LogP contribution in [0.25, 0.3) is 0 Å². The van der Waals surface area contributed by atoms with Gasteiger partial charge in [-0.25, -0.2) is 4.98 Å². The van der Waals surface area contributed by atoms with Crippen LogP contribution in [-0.4, -0.2) is 17.4 Å². The summed E-state index contributed by atoms with van der Waals surface area (Å²) in [4.78, 5) is 15.7. The lowest BCUT2D eigenvalue weighted by Gasteiger charge is -2.12. The SMILES string of the molecule is CCCC(CN)C(=O)Nc1ccccn1. The van der Waals surface area contributed by atoms with Crippen LogP contribution in [0.15, 0.2) is 24.4 Å². The number of carbonyl (C=O) groups is 1. The van der Waals surface area contributed by atoms with Crippen molar-refractivity contribution < 1.29 is 4.79 Å². The molecule has 82 valence electrons. The molecule has 0 fully saturated rings. The summed E-state index contributed by atoms with van der Waals surface area (Å²) in [6.07, 6.45) is 3.42. The molecule has 0 aromatic carbocycles. The van der Waals surface area contributed by atoms with E-state index < -0.39 is 0 Å². The Bertz CT molecular complexity index is 300. The van der Waals surface area contributed by atoms with Crippen LogP contribution in [0.4, 0.5) is 5.82 Å². The van der Waals surface area contributed by atoms with Crippen molar-refractivity contribution in [3.05, 3.63) is 24.4 Å². The van der Waals surface area contributed by atoms with Crippen molar-refractivity contribution in [2.75, 3.05) is 11.9 Å². The first-order valence-electron chi connectivity index (χ1n) is 5.20. The second kappa shape index (κ2) is 6.14. The normalized spacial score (nSPS) is 12.1. The predicted molar refractivity (Wildman–Crippen MR) is 60.3 cm³/mol. The molecule has 15 heavy (non-hydrogen) atoms. The van der Waals surface area contributed by atoms with Gasteiger partial charge in [0.1, 0.15) is 5.82 Å². The molecule has 1 unspecified atom stereocenters. The predicted octanol–water partition coefficient (Wildman–Crippen LogP) is 1.40. The Hall–Kier alpha value is -1.42. The van der Waals surface area contributed by atoms with Gasteiger partial charge in [0.15, 0.2) is 0 Å². The van der Waals surface area contributed by atoms with Crippen molar-refractivity contribution in [2.45, 2.75) is 19.8 Å². The second-order valence-corrected chi connectivity index (χ2v) is 3.43. The zero-order valence-electron chi connectivity index (χ0n) is 8.94. The van der Waals surface area contributed by atoms with E-state index in [-0.39, 0.29) is 11.8 Å². The van der Waals surface area contributed by atoms with E-state index in [0.29, 0.717) is 12.4 Å². The first-order chi connectivity index (χ1) is 7.27. The first kappa shape index (κ1) is 11.7. The van der Waals surface area contributed by atoms with Gasteiger partial charge in [-0.05, 0) is 18.6 Å². The number of nitrogens with one attached hydrogen (secondary N) is 1. The Morgan fingerprint density at radius 2 is 2.40 bits per heavy atom. The van der Waals surface area contributed by atoms with Crippen LogP contribution in [0, 0.1) is 5.92 Å². The lowest BCUT2D eigenvalue weighted by molar-refractivity contribution is -0.119. The minimum absolute atomic E-state index is 0.0435. The number of hydrogen-bond acceptors (Lipinski definition) is 3. The maximum absolute atomic E-state index is 11.7. The van der Waals surface area contributed by atoms with Gasteiger partial charge < -0.3 is 11.1 Å². The summed E-state index contributed by atoms with van der Waals surface area (Å²) in [6, 6.07) is 5.40. The number of nitrogens with zero attached hydrogens (tertiary/aromatic N) is 1. The fourth-order valence-electron chi connectivity index (χ4n) is 1.37. The van der Waals surface area contributed by atoms with Crippen molar-refractivity contribution in [3.8, 4) is 0 Å². The highest BCUT2D eigenvalue weighted by Crippen LogP contribution is 2.08. The number of aromatic nitrogens is 1. The fraction of sp³-hybridized carbons (Fsp3) is 0.455. The molecule has 1 aromatic rings. The van der Waals surface area contributed by atoms with Crippen LogP contribution in [0.1, 0.15) is 19.8 Å². The first-order valence-corrected chi connectivity index (χ1v) is 5.20. The molecule has 3 N–H and O–H groups in total. The Morgan fingerprint density at radius 3 is 2.93 bits per heavy atom. The minimum atomic E-state index is -0.114. The highest BCUT2D eigenvalue weighted by atomic mass is 16.1. The van der Waals surface area contributed by atoms with Gasteiger partial charge in [0.25, 0.3) is 0 Å². The number of nitrogens with two attached hydrogens (primary N) is 1. The molecule has 1 rings (SSSR count). The Labute approximate surface area is 89.9 Å². The van der Waals surface area contributed by atoms with Gasteiger partial charge in [-0.1, -0.05) is 19.4 Å². The molecule has 1 heterocycles. The Morgan fingerprint density at radius 1 is 1.60 bits per heavy atom. The molecular weight excluding hydrogens is 190 g/mol. The molecule has 0 radical (unpaired) electrons. The minimum Gasteiger partial charge on any atom is -0.330 e. The van der Waals surface area contributed by atoms with E-state index in [1.807, 2.05) is 19.1 Å². The third-order valence-electron chi connectivity index (χ3n) is 2.21. The second-order valence-electron chi connectivity index (χ2n) is 3.43. The number of rotatable bonds is 5. The highest BCUT2D eigenvalue weighted by Gasteiger charge is 2.15. The molecule has 1 amide bonds. The molecule has 0 aliphatic carbocycles. The van der Waals surface area contributed by atoms with Crippen LogP contribution < -0.4 is 11.1 Å². The van der Waals surface area contributed by atoms with E-state index in [4.69, 9.17) is 5.73 Å². The summed E-state index contributed by atoms with van der Waals surface area (Å²) in [5.74, 6) is 0.423.